The zero-order valence-electron chi connectivity index (χ0n) is 5.20. The van der Waals surface area contributed by atoms with Crippen molar-refractivity contribution in [2.45, 2.75) is 0 Å². The van der Waals surface area contributed by atoms with E-state index in [0.29, 0.717) is 10.8 Å². The maximum atomic E-state index is 12.3. The first-order valence-electron chi connectivity index (χ1n) is 2.61. The lowest BCUT2D eigenvalue weighted by atomic mass is 10.6. The Bertz CT molecular complexity index is 391. The van der Waals surface area contributed by atoms with Gasteiger partial charge in [0.25, 0.3) is 5.56 Å². The molecule has 0 bridgehead atoms. The number of carbonyl (C=O) groups is 1. The molecular formula is C5H3FN2O3. The number of carbonyl (C=O) groups excluding carboxylic acids is 1. The first kappa shape index (κ1) is 7.39. The summed E-state index contributed by atoms with van der Waals surface area (Å²) in [6.07, 6.45) is 0.621. The zero-order valence-corrected chi connectivity index (χ0v) is 5.20. The van der Waals surface area contributed by atoms with Gasteiger partial charge in [0.2, 0.25) is 12.2 Å². The number of aromatic nitrogens is 2. The Kier molecular flexibility index (Phi) is 1.67. The molecule has 0 aliphatic heterocycles. The molecule has 1 heterocycles. The highest BCUT2D eigenvalue weighted by Crippen LogP contribution is 1.78. The number of hydrogen-bond donors (Lipinski definition) is 1. The third-order valence-electron chi connectivity index (χ3n) is 1.04. The molecule has 5 nitrogen and oxygen atoms in total. The van der Waals surface area contributed by atoms with Crippen molar-refractivity contribution in [2.75, 3.05) is 0 Å². The first-order chi connectivity index (χ1) is 5.15. The van der Waals surface area contributed by atoms with Gasteiger partial charge in [-0.3, -0.25) is 14.6 Å². The van der Waals surface area contributed by atoms with Crippen LogP contribution >= 0.6 is 0 Å². The van der Waals surface area contributed by atoms with Crippen molar-refractivity contribution in [3.05, 3.63) is 32.9 Å². The highest BCUT2D eigenvalue weighted by molar-refractivity contribution is 5.50. The van der Waals surface area contributed by atoms with Crippen LogP contribution < -0.4 is 11.2 Å². The Balaban J connectivity index is 3.57. The maximum Gasteiger partial charge on any atom is 0.335 e. The lowest BCUT2D eigenvalue weighted by Gasteiger charge is -1.91. The van der Waals surface area contributed by atoms with Crippen LogP contribution in [0.2, 0.25) is 0 Å². The fraction of sp³-hybridized carbons (Fsp3) is 0. The van der Waals surface area contributed by atoms with Gasteiger partial charge in [0, 0.05) is 0 Å². The van der Waals surface area contributed by atoms with Gasteiger partial charge in [-0.1, -0.05) is 0 Å². The van der Waals surface area contributed by atoms with Gasteiger partial charge in [0.15, 0.2) is 0 Å². The van der Waals surface area contributed by atoms with E-state index in [0.717, 1.165) is 0 Å². The molecule has 58 valence electrons. The predicted octanol–water partition coefficient (Wildman–Crippen LogP) is -1.29. The van der Waals surface area contributed by atoms with Crippen LogP contribution in [0.25, 0.3) is 0 Å². The monoisotopic (exact) mass is 158 g/mol. The molecule has 0 fully saturated rings. The van der Waals surface area contributed by atoms with Crippen molar-refractivity contribution in [3.8, 4) is 0 Å². The molecule has 1 rings (SSSR count). The topological polar surface area (TPSA) is 71.9 Å². The van der Waals surface area contributed by atoms with Crippen LogP contribution in [0.5, 0.6) is 0 Å². The van der Waals surface area contributed by atoms with E-state index in [4.69, 9.17) is 0 Å². The Labute approximate surface area is 59.1 Å². The Morgan fingerprint density at radius 1 is 1.55 bits per heavy atom. The second-order valence-corrected chi connectivity index (χ2v) is 1.75. The molecule has 0 atom stereocenters. The van der Waals surface area contributed by atoms with E-state index < -0.39 is 17.1 Å². The van der Waals surface area contributed by atoms with Gasteiger partial charge in [0.05, 0.1) is 6.20 Å². The average Bonchev–Trinajstić information content (AvgIpc) is 1.97. The van der Waals surface area contributed by atoms with E-state index in [1.165, 1.54) is 0 Å². The third kappa shape index (κ3) is 1.23. The second-order valence-electron chi connectivity index (χ2n) is 1.75. The summed E-state index contributed by atoms with van der Waals surface area (Å²) in [4.78, 5) is 32.4. The van der Waals surface area contributed by atoms with E-state index in [1.54, 1.807) is 4.98 Å². The summed E-state index contributed by atoms with van der Waals surface area (Å²) in [6.45, 7) is 0. The van der Waals surface area contributed by atoms with E-state index >= 15 is 0 Å². The summed E-state index contributed by atoms with van der Waals surface area (Å²) in [7, 11) is 0. The lowest BCUT2D eigenvalue weighted by Crippen LogP contribution is -2.31. The van der Waals surface area contributed by atoms with Crippen molar-refractivity contribution in [1.29, 1.82) is 0 Å². The van der Waals surface area contributed by atoms with Crippen LogP contribution in [0.3, 0.4) is 0 Å². The summed E-state index contributed by atoms with van der Waals surface area (Å²) in [6, 6.07) is 0. The Hall–Kier alpha value is -1.72. The molecule has 0 spiro atoms. The minimum absolute atomic E-state index is 0.0986. The molecule has 0 radical (unpaired) electrons. The standard InChI is InChI=1S/C5H3FN2O3/c6-3-1-8(2-9)5(11)7-4(3)10/h1-2H,(H,7,10,11). The van der Waals surface area contributed by atoms with E-state index in [9.17, 15) is 18.8 Å². The summed E-state index contributed by atoms with van der Waals surface area (Å²) in [5.74, 6) is -1.17. The van der Waals surface area contributed by atoms with Gasteiger partial charge in [-0.15, -0.1) is 0 Å². The Morgan fingerprint density at radius 3 is 2.73 bits per heavy atom. The minimum Gasteiger partial charge on any atom is -0.278 e. The van der Waals surface area contributed by atoms with E-state index in [1.807, 2.05) is 0 Å². The Morgan fingerprint density at radius 2 is 2.18 bits per heavy atom. The fourth-order valence-electron chi connectivity index (χ4n) is 0.539. The van der Waals surface area contributed by atoms with Crippen LogP contribution in [0.1, 0.15) is 0 Å². The highest BCUT2D eigenvalue weighted by Gasteiger charge is 2.00. The van der Waals surface area contributed by atoms with Crippen LogP contribution in [0.4, 0.5) is 4.39 Å². The fourth-order valence-corrected chi connectivity index (χ4v) is 0.539. The largest absolute Gasteiger partial charge is 0.335 e. The molecule has 0 aliphatic rings. The van der Waals surface area contributed by atoms with E-state index in [2.05, 4.69) is 0 Å². The quantitative estimate of drug-likeness (QED) is 0.517. The van der Waals surface area contributed by atoms with Crippen LogP contribution in [0.15, 0.2) is 15.8 Å². The molecule has 0 aliphatic carbocycles. The van der Waals surface area contributed by atoms with E-state index in [-0.39, 0.29) is 6.41 Å². The number of nitrogens with one attached hydrogen (secondary N) is 1. The van der Waals surface area contributed by atoms with Crippen molar-refractivity contribution < 1.29 is 9.18 Å². The summed E-state index contributed by atoms with van der Waals surface area (Å²) in [5, 5.41) is 0. The third-order valence-corrected chi connectivity index (χ3v) is 1.04. The second kappa shape index (κ2) is 2.49. The molecular weight excluding hydrogens is 155 g/mol. The van der Waals surface area contributed by atoms with Gasteiger partial charge in [0.1, 0.15) is 0 Å². The molecule has 0 aromatic carbocycles. The lowest BCUT2D eigenvalue weighted by molar-refractivity contribution is 0.535. The molecule has 0 saturated heterocycles. The number of halogens is 1. The molecule has 1 aromatic heterocycles. The van der Waals surface area contributed by atoms with Gasteiger partial charge in [-0.05, 0) is 0 Å². The van der Waals surface area contributed by atoms with Gasteiger partial charge in [-0.2, -0.15) is 4.39 Å². The van der Waals surface area contributed by atoms with Crippen LogP contribution in [-0.4, -0.2) is 16.0 Å². The van der Waals surface area contributed by atoms with Gasteiger partial charge >= 0.3 is 5.69 Å². The van der Waals surface area contributed by atoms with Gasteiger partial charge < -0.3 is 0 Å². The predicted molar refractivity (Wildman–Crippen MR) is 33.4 cm³/mol. The van der Waals surface area contributed by atoms with Crippen LogP contribution in [0, 0.1) is 5.82 Å². The number of hydrogen-bond acceptors (Lipinski definition) is 3. The van der Waals surface area contributed by atoms with Crippen LogP contribution in [-0.2, 0) is 4.79 Å². The maximum absolute atomic E-state index is 12.3. The SMILES string of the molecule is O=Cn1cc(F)c(=O)[nH]c1=O. The average molecular weight is 158 g/mol. The smallest absolute Gasteiger partial charge is 0.278 e. The summed E-state index contributed by atoms with van der Waals surface area (Å²) in [5.41, 5.74) is -2.08. The number of nitrogens with zero attached hydrogens (tertiary/aromatic N) is 1. The molecule has 11 heavy (non-hydrogen) atoms. The van der Waals surface area contributed by atoms with Crippen molar-refractivity contribution in [3.63, 3.8) is 0 Å². The first-order valence-corrected chi connectivity index (χ1v) is 2.61. The molecule has 1 N–H and O–H groups in total. The molecule has 6 heteroatoms. The normalized spacial score (nSPS) is 9.55. The van der Waals surface area contributed by atoms with Crippen molar-refractivity contribution >= 4 is 6.41 Å². The zero-order chi connectivity index (χ0) is 8.43. The highest BCUT2D eigenvalue weighted by atomic mass is 19.1. The van der Waals surface area contributed by atoms with Gasteiger partial charge in [-0.25, -0.2) is 9.36 Å². The minimum atomic E-state index is -1.17. The summed E-state index contributed by atoms with van der Waals surface area (Å²) < 4.78 is 12.7. The van der Waals surface area contributed by atoms with Crippen molar-refractivity contribution in [1.82, 2.24) is 9.55 Å². The summed E-state index contributed by atoms with van der Waals surface area (Å²) >= 11 is 0. The van der Waals surface area contributed by atoms with Crippen molar-refractivity contribution in [2.24, 2.45) is 0 Å². The molecule has 0 amide bonds. The molecule has 0 saturated carbocycles. The number of rotatable bonds is 1. The molecule has 1 aromatic rings. The number of H-pyrrole nitrogens is 1. The molecule has 0 unspecified atom stereocenters. The number of aromatic amines is 1.